The van der Waals surface area contributed by atoms with Gasteiger partial charge in [0.15, 0.2) is 0 Å². The fraction of sp³-hybridized carbons (Fsp3) is 0.600. The van der Waals surface area contributed by atoms with Crippen molar-refractivity contribution in [3.63, 3.8) is 0 Å². The van der Waals surface area contributed by atoms with Crippen molar-refractivity contribution in [2.24, 2.45) is 0 Å². The fourth-order valence-electron chi connectivity index (χ4n) is 1.20. The largest absolute Gasteiger partial charge is 0.465 e. The van der Waals surface area contributed by atoms with E-state index in [0.29, 0.717) is 32.5 Å². The van der Waals surface area contributed by atoms with E-state index in [1.807, 2.05) is 13.8 Å². The van der Waals surface area contributed by atoms with Gasteiger partial charge in [-0.3, -0.25) is 9.59 Å². The molecule has 4 heteroatoms. The van der Waals surface area contributed by atoms with Crippen molar-refractivity contribution in [1.29, 1.82) is 0 Å². The summed E-state index contributed by atoms with van der Waals surface area (Å²) in [5, 5.41) is 0. The molecule has 0 bridgehead atoms. The average Bonchev–Trinajstić information content (AvgIpc) is 2.27. The Bertz CT molecular complexity index is 299. The summed E-state index contributed by atoms with van der Waals surface area (Å²) >= 11 is 0. The minimum atomic E-state index is -0.281. The number of hydrogen-bond acceptors (Lipinski definition) is 4. The lowest BCUT2D eigenvalue weighted by Gasteiger charge is -2.05. The van der Waals surface area contributed by atoms with Crippen molar-refractivity contribution in [2.75, 3.05) is 13.2 Å². The van der Waals surface area contributed by atoms with Crippen LogP contribution in [0.5, 0.6) is 0 Å². The van der Waals surface area contributed by atoms with Gasteiger partial charge in [0.05, 0.1) is 13.2 Å². The number of ether oxygens (including phenoxy) is 2. The summed E-state index contributed by atoms with van der Waals surface area (Å²) in [7, 11) is 0. The van der Waals surface area contributed by atoms with Crippen LogP contribution in [-0.2, 0) is 19.1 Å². The van der Waals surface area contributed by atoms with Crippen LogP contribution in [0.2, 0.25) is 0 Å². The zero-order valence-electron chi connectivity index (χ0n) is 12.0. The number of rotatable bonds is 10. The molecule has 0 radical (unpaired) electrons. The molecular formula is C15H24O4. The Hall–Kier alpha value is -1.58. The van der Waals surface area contributed by atoms with Gasteiger partial charge in [-0.25, -0.2) is 0 Å². The van der Waals surface area contributed by atoms with Gasteiger partial charge in [-0.05, 0) is 20.3 Å². The molecule has 0 heterocycles. The Kier molecular flexibility index (Phi) is 9.49. The van der Waals surface area contributed by atoms with Crippen molar-refractivity contribution in [3.05, 3.63) is 24.3 Å². The monoisotopic (exact) mass is 268 g/mol. The smallest absolute Gasteiger partial charge is 0.305 e. The van der Waals surface area contributed by atoms with Gasteiger partial charge < -0.3 is 9.47 Å². The molecule has 0 atom stereocenters. The van der Waals surface area contributed by atoms with E-state index in [1.165, 1.54) is 0 Å². The van der Waals surface area contributed by atoms with Gasteiger partial charge in [0.1, 0.15) is 0 Å². The zero-order chi connectivity index (χ0) is 14.7. The molecule has 19 heavy (non-hydrogen) atoms. The summed E-state index contributed by atoms with van der Waals surface area (Å²) < 4.78 is 9.97. The van der Waals surface area contributed by atoms with Gasteiger partial charge in [-0.1, -0.05) is 11.1 Å². The van der Waals surface area contributed by atoms with Crippen molar-refractivity contribution in [2.45, 2.75) is 46.0 Å². The molecule has 0 aliphatic rings. The normalized spacial score (nSPS) is 9.79. The Labute approximate surface area is 115 Å². The Balaban J connectivity index is 3.50. The molecule has 108 valence electrons. The maximum Gasteiger partial charge on any atom is 0.305 e. The van der Waals surface area contributed by atoms with E-state index >= 15 is 0 Å². The first-order valence-electron chi connectivity index (χ1n) is 6.52. The highest BCUT2D eigenvalue weighted by Crippen LogP contribution is 2.03. The molecule has 0 aromatic carbocycles. The molecular weight excluding hydrogens is 244 g/mol. The summed E-state index contributed by atoms with van der Waals surface area (Å²) in [4.78, 5) is 22.6. The molecule has 0 N–H and O–H groups in total. The highest BCUT2D eigenvalue weighted by Gasteiger charge is 2.07. The molecule has 0 unspecified atom stereocenters. The third kappa shape index (κ3) is 12.7. The second kappa shape index (κ2) is 10.4. The Morgan fingerprint density at radius 3 is 1.47 bits per heavy atom. The molecule has 0 spiro atoms. The van der Waals surface area contributed by atoms with Crippen LogP contribution < -0.4 is 0 Å². The SMILES string of the molecule is C=C(C)CCOC(=O)CCCC(=O)OCCC(=C)C. The van der Waals surface area contributed by atoms with Gasteiger partial charge in [-0.15, -0.1) is 13.2 Å². The van der Waals surface area contributed by atoms with Gasteiger partial charge in [0, 0.05) is 25.7 Å². The van der Waals surface area contributed by atoms with Crippen LogP contribution in [0.1, 0.15) is 46.0 Å². The third-order valence-corrected chi connectivity index (χ3v) is 2.35. The van der Waals surface area contributed by atoms with Crippen molar-refractivity contribution in [3.8, 4) is 0 Å². The van der Waals surface area contributed by atoms with Crippen LogP contribution in [0.15, 0.2) is 24.3 Å². The van der Waals surface area contributed by atoms with Crippen LogP contribution in [0.25, 0.3) is 0 Å². The lowest BCUT2D eigenvalue weighted by molar-refractivity contribution is -0.145. The van der Waals surface area contributed by atoms with E-state index in [9.17, 15) is 9.59 Å². The van der Waals surface area contributed by atoms with Crippen molar-refractivity contribution >= 4 is 11.9 Å². The lowest BCUT2D eigenvalue weighted by atomic mass is 10.2. The maximum absolute atomic E-state index is 11.3. The first-order chi connectivity index (χ1) is 8.91. The lowest BCUT2D eigenvalue weighted by Crippen LogP contribution is -2.09. The minimum absolute atomic E-state index is 0.242. The van der Waals surface area contributed by atoms with Gasteiger partial charge in [0.2, 0.25) is 0 Å². The number of carbonyl (C=O) groups is 2. The fourth-order valence-corrected chi connectivity index (χ4v) is 1.20. The van der Waals surface area contributed by atoms with Crippen LogP contribution in [0, 0.1) is 0 Å². The predicted molar refractivity (Wildman–Crippen MR) is 74.6 cm³/mol. The van der Waals surface area contributed by atoms with Crippen LogP contribution in [0.4, 0.5) is 0 Å². The van der Waals surface area contributed by atoms with Crippen LogP contribution >= 0.6 is 0 Å². The molecule has 0 aliphatic carbocycles. The molecule has 0 aromatic rings. The maximum atomic E-state index is 11.3. The summed E-state index contributed by atoms with van der Waals surface area (Å²) in [5.41, 5.74) is 1.96. The first kappa shape index (κ1) is 17.4. The summed E-state index contributed by atoms with van der Waals surface area (Å²) in [6.45, 7) is 11.9. The van der Waals surface area contributed by atoms with Crippen LogP contribution in [-0.4, -0.2) is 25.2 Å². The van der Waals surface area contributed by atoms with E-state index in [-0.39, 0.29) is 24.8 Å². The molecule has 0 aromatic heterocycles. The highest BCUT2D eigenvalue weighted by molar-refractivity contribution is 5.72. The molecule has 0 saturated heterocycles. The van der Waals surface area contributed by atoms with Gasteiger partial charge in [0.25, 0.3) is 0 Å². The van der Waals surface area contributed by atoms with E-state index in [2.05, 4.69) is 13.2 Å². The summed E-state index contributed by atoms with van der Waals surface area (Å²) in [6.07, 6.45) is 2.29. The summed E-state index contributed by atoms with van der Waals surface area (Å²) in [5.74, 6) is -0.563. The molecule has 0 aliphatic heterocycles. The number of hydrogen-bond donors (Lipinski definition) is 0. The second-order valence-corrected chi connectivity index (χ2v) is 4.71. The van der Waals surface area contributed by atoms with Crippen molar-refractivity contribution < 1.29 is 19.1 Å². The molecule has 0 rings (SSSR count). The molecule has 4 nitrogen and oxygen atoms in total. The Morgan fingerprint density at radius 1 is 0.789 bits per heavy atom. The van der Waals surface area contributed by atoms with E-state index < -0.39 is 0 Å². The highest BCUT2D eigenvalue weighted by atomic mass is 16.5. The first-order valence-corrected chi connectivity index (χ1v) is 6.52. The van der Waals surface area contributed by atoms with E-state index in [1.54, 1.807) is 0 Å². The predicted octanol–water partition coefficient (Wildman–Crippen LogP) is 3.18. The van der Waals surface area contributed by atoms with E-state index in [0.717, 1.165) is 11.1 Å². The van der Waals surface area contributed by atoms with E-state index in [4.69, 9.17) is 9.47 Å². The quantitative estimate of drug-likeness (QED) is 0.451. The second-order valence-electron chi connectivity index (χ2n) is 4.71. The minimum Gasteiger partial charge on any atom is -0.465 e. The zero-order valence-corrected chi connectivity index (χ0v) is 12.0. The third-order valence-electron chi connectivity index (χ3n) is 2.35. The number of esters is 2. The van der Waals surface area contributed by atoms with Crippen LogP contribution in [0.3, 0.4) is 0 Å². The van der Waals surface area contributed by atoms with Crippen molar-refractivity contribution in [1.82, 2.24) is 0 Å². The topological polar surface area (TPSA) is 52.6 Å². The van der Waals surface area contributed by atoms with Gasteiger partial charge in [-0.2, -0.15) is 0 Å². The molecule has 0 amide bonds. The average molecular weight is 268 g/mol. The summed E-state index contributed by atoms with van der Waals surface area (Å²) in [6, 6.07) is 0. The standard InChI is InChI=1S/C15H24O4/c1-12(2)8-10-18-14(16)6-5-7-15(17)19-11-9-13(3)4/h1,3,5-11H2,2,4H3. The molecule has 0 saturated carbocycles. The van der Waals surface area contributed by atoms with Gasteiger partial charge >= 0.3 is 11.9 Å². The Morgan fingerprint density at radius 2 is 1.16 bits per heavy atom. The number of carbonyl (C=O) groups excluding carboxylic acids is 2. The molecule has 0 fully saturated rings.